The second kappa shape index (κ2) is 22.0. The molecule has 0 bridgehead atoms. The minimum Gasteiger partial charge on any atom is -0.448 e. The molecule has 16 nitrogen and oxygen atoms in total. The van der Waals surface area contributed by atoms with Crippen molar-refractivity contribution in [2.45, 2.75) is 60.4 Å². The van der Waals surface area contributed by atoms with Crippen molar-refractivity contribution in [3.8, 4) is 0 Å². The number of rotatable bonds is 17. The normalized spacial score (nSPS) is 15.9. The zero-order valence-corrected chi connectivity index (χ0v) is 42.5. The first-order valence-electron chi connectivity index (χ1n) is 22.6. The second-order valence-electron chi connectivity index (χ2n) is 17.2. The number of thiazole rings is 1. The van der Waals surface area contributed by atoms with Gasteiger partial charge in [-0.05, 0) is 37.1 Å². The SMILES string of the molecule is Cn1nnc(SCSC2=C(C(=O)OC(c3ccccc3)c3ccccc3)N3C(=O)CC3SC2NC(=O)/C(=N\OC(c2ccccc2)(c2ccccc2)c2ccccc2)c2csc(NC(=O)OC(C)(C)C)n2)n1. The summed E-state index contributed by atoms with van der Waals surface area (Å²) in [7, 11) is 1.65. The van der Waals surface area contributed by atoms with Crippen LogP contribution in [0, 0.1) is 0 Å². The number of thioether (sulfide) groups is 3. The van der Waals surface area contributed by atoms with Crippen LogP contribution in [0.15, 0.2) is 178 Å². The lowest BCUT2D eigenvalue weighted by Gasteiger charge is -2.47. The van der Waals surface area contributed by atoms with Crippen molar-refractivity contribution in [2.75, 3.05) is 10.4 Å². The van der Waals surface area contributed by atoms with E-state index in [1.54, 1.807) is 33.2 Å². The van der Waals surface area contributed by atoms with E-state index >= 15 is 4.79 Å². The third-order valence-corrected chi connectivity index (χ3v) is 15.4. The minimum atomic E-state index is -1.40. The molecule has 366 valence electrons. The summed E-state index contributed by atoms with van der Waals surface area (Å²) in [6, 6.07) is 47.3. The molecule has 0 radical (unpaired) electrons. The highest BCUT2D eigenvalue weighted by Gasteiger charge is 2.50. The summed E-state index contributed by atoms with van der Waals surface area (Å²) in [6.45, 7) is 5.24. The molecule has 2 aromatic heterocycles. The number of nitrogens with zero attached hydrogens (tertiary/aromatic N) is 7. The van der Waals surface area contributed by atoms with Gasteiger partial charge < -0.3 is 19.6 Å². The largest absolute Gasteiger partial charge is 0.448 e. The summed E-state index contributed by atoms with van der Waals surface area (Å²) in [5.41, 5.74) is 1.24. The van der Waals surface area contributed by atoms with Crippen molar-refractivity contribution in [1.29, 1.82) is 0 Å². The van der Waals surface area contributed by atoms with Crippen molar-refractivity contribution < 1.29 is 33.5 Å². The van der Waals surface area contributed by atoms with E-state index < -0.39 is 46.0 Å². The third kappa shape index (κ3) is 11.3. The predicted octanol–water partition coefficient (Wildman–Crippen LogP) is 9.50. The number of amides is 3. The van der Waals surface area contributed by atoms with Gasteiger partial charge in [0.2, 0.25) is 16.7 Å². The van der Waals surface area contributed by atoms with Crippen molar-refractivity contribution >= 4 is 81.3 Å². The second-order valence-corrected chi connectivity index (χ2v) is 21.6. The van der Waals surface area contributed by atoms with Crippen LogP contribution in [0.3, 0.4) is 0 Å². The maximum absolute atomic E-state index is 15.3. The van der Waals surface area contributed by atoms with Gasteiger partial charge in [-0.2, -0.15) is 4.80 Å². The average Bonchev–Trinajstić information content (AvgIpc) is 4.03. The van der Waals surface area contributed by atoms with Gasteiger partial charge in [0.25, 0.3) is 5.91 Å². The Morgan fingerprint density at radius 1 is 0.806 bits per heavy atom. The monoisotopic (exact) mass is 1040 g/mol. The number of nitrogens with one attached hydrogen (secondary N) is 2. The first-order valence-corrected chi connectivity index (χ1v) is 26.4. The van der Waals surface area contributed by atoms with Crippen molar-refractivity contribution in [2.24, 2.45) is 12.2 Å². The molecule has 4 heterocycles. The van der Waals surface area contributed by atoms with Gasteiger partial charge in [0.1, 0.15) is 22.4 Å². The quantitative estimate of drug-likeness (QED) is 0.0167. The molecule has 5 aromatic carbocycles. The Morgan fingerprint density at radius 2 is 1.36 bits per heavy atom. The van der Waals surface area contributed by atoms with Gasteiger partial charge in [-0.15, -0.1) is 45.1 Å². The molecule has 0 saturated carbocycles. The van der Waals surface area contributed by atoms with Crippen LogP contribution in [0.25, 0.3) is 0 Å². The van der Waals surface area contributed by atoms with Gasteiger partial charge in [0.15, 0.2) is 16.9 Å². The number of hydrogen-bond acceptors (Lipinski definition) is 16. The molecule has 7 aromatic rings. The highest BCUT2D eigenvalue weighted by molar-refractivity contribution is 8.18. The molecule has 72 heavy (non-hydrogen) atoms. The van der Waals surface area contributed by atoms with Crippen LogP contribution >= 0.6 is 46.6 Å². The van der Waals surface area contributed by atoms with Crippen LogP contribution in [0.2, 0.25) is 0 Å². The fourth-order valence-corrected chi connectivity index (χ4v) is 12.2. The Hall–Kier alpha value is -7.26. The number of carbonyl (C=O) groups excluding carboxylic acids is 4. The Morgan fingerprint density at radius 3 is 1.88 bits per heavy atom. The molecule has 0 aliphatic carbocycles. The number of aromatic nitrogens is 5. The van der Waals surface area contributed by atoms with E-state index in [9.17, 15) is 14.4 Å². The van der Waals surface area contributed by atoms with Gasteiger partial charge >= 0.3 is 12.1 Å². The van der Waals surface area contributed by atoms with Gasteiger partial charge in [-0.1, -0.05) is 169 Å². The smallest absolute Gasteiger partial charge is 0.413 e. The van der Waals surface area contributed by atoms with Gasteiger partial charge in [-0.25, -0.2) is 14.6 Å². The first kappa shape index (κ1) is 49.7. The number of β-lactam (4-membered cyclic amide) rings is 1. The molecular weight excluding hydrogens is 991 g/mol. The molecule has 2 aliphatic heterocycles. The Kier molecular flexibility index (Phi) is 15.2. The zero-order valence-electron chi connectivity index (χ0n) is 39.3. The fraction of sp³-hybridized carbons (Fsp3) is 0.212. The van der Waals surface area contributed by atoms with E-state index in [0.29, 0.717) is 10.1 Å². The van der Waals surface area contributed by atoms with Gasteiger partial charge in [-0.3, -0.25) is 19.8 Å². The lowest BCUT2D eigenvalue weighted by molar-refractivity contribution is -0.151. The summed E-state index contributed by atoms with van der Waals surface area (Å²) in [4.78, 5) is 71.5. The zero-order chi connectivity index (χ0) is 50.2. The van der Waals surface area contributed by atoms with Crippen LogP contribution < -0.4 is 10.6 Å². The number of tetrazole rings is 1. The Labute approximate surface area is 432 Å². The number of benzene rings is 5. The van der Waals surface area contributed by atoms with Crippen molar-refractivity contribution in [1.82, 2.24) is 35.4 Å². The Bertz CT molecular complexity index is 2960. The molecule has 0 spiro atoms. The molecule has 2 aliphatic rings. The number of ether oxygens (including phenoxy) is 2. The molecule has 1 fully saturated rings. The molecule has 2 N–H and O–H groups in total. The molecule has 9 rings (SSSR count). The van der Waals surface area contributed by atoms with Crippen LogP contribution in [0.4, 0.5) is 9.93 Å². The summed E-state index contributed by atoms with van der Waals surface area (Å²) < 4.78 is 11.9. The van der Waals surface area contributed by atoms with Crippen molar-refractivity contribution in [3.63, 3.8) is 0 Å². The van der Waals surface area contributed by atoms with E-state index in [-0.39, 0.29) is 39.6 Å². The molecule has 20 heteroatoms. The Balaban J connectivity index is 1.14. The average molecular weight is 1040 g/mol. The molecule has 2 unspecified atom stereocenters. The van der Waals surface area contributed by atoms with E-state index in [1.807, 2.05) is 152 Å². The lowest BCUT2D eigenvalue weighted by Crippen LogP contribution is -2.57. The minimum absolute atomic E-state index is 0.00152. The number of esters is 1. The summed E-state index contributed by atoms with van der Waals surface area (Å²) in [5, 5.41) is 23.8. The lowest BCUT2D eigenvalue weighted by atomic mass is 9.80. The van der Waals surface area contributed by atoms with E-state index in [4.69, 9.17) is 19.5 Å². The topological polar surface area (TPSA) is 192 Å². The van der Waals surface area contributed by atoms with E-state index in [1.165, 1.54) is 45.0 Å². The number of oxime groups is 1. The van der Waals surface area contributed by atoms with E-state index in [0.717, 1.165) is 39.2 Å². The first-order chi connectivity index (χ1) is 34.9. The van der Waals surface area contributed by atoms with Gasteiger partial charge in [0, 0.05) is 27.0 Å². The van der Waals surface area contributed by atoms with Crippen LogP contribution in [0.1, 0.15) is 66.8 Å². The molecular formula is C52H47N9O7S4. The highest BCUT2D eigenvalue weighted by Crippen LogP contribution is 2.48. The standard InChI is InChI=1S/C52H47N9O7S4/c1-51(2,3)67-50(65)55-48-53-38(31-69-48)41(58-68-52(35-24-14-7-15-25-35,36-26-16-8-17-27-36)37-28-18-9-19-29-37)45(63)54-46-44(70-32-71-49-56-59-60(4)57-49)42(61-39(62)30-40(61)72-46)47(64)66-43(33-20-10-5-11-21-33)34-22-12-6-13-23-34/h5-29,31,40,43,46H,30,32H2,1-4H3,(H,54,63)(H,53,55,65)/b58-41-. The van der Waals surface area contributed by atoms with Crippen LogP contribution in [-0.4, -0.2) is 81.1 Å². The van der Waals surface area contributed by atoms with E-state index in [2.05, 4.69) is 31.0 Å². The molecule has 3 amide bonds. The summed E-state index contributed by atoms with van der Waals surface area (Å²) in [5.74, 6) is -1.77. The number of anilines is 1. The maximum Gasteiger partial charge on any atom is 0.413 e. The highest BCUT2D eigenvalue weighted by atomic mass is 32.2. The maximum atomic E-state index is 15.3. The predicted molar refractivity (Wildman–Crippen MR) is 279 cm³/mol. The summed E-state index contributed by atoms with van der Waals surface area (Å²) in [6.07, 6.45) is -1.47. The fourth-order valence-electron chi connectivity index (χ4n) is 7.90. The number of aryl methyl sites for hydroxylation is 1. The van der Waals surface area contributed by atoms with Gasteiger partial charge in [0.05, 0.1) is 23.9 Å². The van der Waals surface area contributed by atoms with Crippen LogP contribution in [0.5, 0.6) is 0 Å². The number of carbonyl (C=O) groups is 4. The molecule has 1 saturated heterocycles. The number of hydrogen-bond donors (Lipinski definition) is 2. The van der Waals surface area contributed by atoms with Crippen LogP contribution in [-0.2, 0) is 41.3 Å². The molecule has 2 atom stereocenters. The third-order valence-electron chi connectivity index (χ3n) is 11.1. The number of fused-ring (bicyclic) bond motifs is 1. The van der Waals surface area contributed by atoms with Crippen molar-refractivity contribution in [3.05, 3.63) is 201 Å². The summed E-state index contributed by atoms with van der Waals surface area (Å²) >= 11 is 4.85.